The quantitative estimate of drug-likeness (QED) is 0.900. The van der Waals surface area contributed by atoms with Crippen molar-refractivity contribution in [1.29, 1.82) is 0 Å². The molecule has 1 aromatic carbocycles. The van der Waals surface area contributed by atoms with E-state index in [0.717, 1.165) is 19.1 Å². The van der Waals surface area contributed by atoms with Gasteiger partial charge in [0.1, 0.15) is 0 Å². The highest BCUT2D eigenvalue weighted by molar-refractivity contribution is 5.58. The Hall–Kier alpha value is -1.06. The molecule has 1 aromatic rings. The number of nitrogens with zero attached hydrogens (tertiary/aromatic N) is 2. The Balaban J connectivity index is 1.50. The molecule has 3 aliphatic rings. The number of hydrogen-bond donors (Lipinski definition) is 1. The van der Waals surface area contributed by atoms with Gasteiger partial charge in [0.15, 0.2) is 0 Å². The standard InChI is InChI=1S/C18H27N3/c1-2-10-20(11-3-1)16-8-12-21(14-16)18-6-4-5-15-13-19-9-7-17(15)18/h4-6,16,19H,1-3,7-14H2. The van der Waals surface area contributed by atoms with Gasteiger partial charge < -0.3 is 10.2 Å². The zero-order valence-electron chi connectivity index (χ0n) is 13.0. The second-order valence-electron chi connectivity index (χ2n) is 6.83. The van der Waals surface area contributed by atoms with Gasteiger partial charge in [0, 0.05) is 31.4 Å². The van der Waals surface area contributed by atoms with E-state index in [2.05, 4.69) is 33.3 Å². The first-order chi connectivity index (χ1) is 10.4. The fraction of sp³-hybridized carbons (Fsp3) is 0.667. The number of hydrogen-bond acceptors (Lipinski definition) is 3. The normalized spacial score (nSPS) is 26.9. The molecule has 0 aliphatic carbocycles. The summed E-state index contributed by atoms with van der Waals surface area (Å²) in [6, 6.07) is 7.68. The van der Waals surface area contributed by atoms with Crippen molar-refractivity contribution in [3.8, 4) is 0 Å². The molecule has 4 rings (SSSR count). The number of nitrogens with one attached hydrogen (secondary N) is 1. The molecule has 0 amide bonds. The van der Waals surface area contributed by atoms with E-state index in [1.54, 1.807) is 5.56 Å². The van der Waals surface area contributed by atoms with Crippen LogP contribution in [0.1, 0.15) is 36.8 Å². The molecular weight excluding hydrogens is 258 g/mol. The zero-order valence-corrected chi connectivity index (χ0v) is 13.0. The molecule has 114 valence electrons. The van der Waals surface area contributed by atoms with E-state index in [1.807, 2.05) is 0 Å². The number of likely N-dealkylation sites (tertiary alicyclic amines) is 1. The molecule has 0 aromatic heterocycles. The fourth-order valence-corrected chi connectivity index (χ4v) is 4.35. The van der Waals surface area contributed by atoms with Crippen molar-refractivity contribution in [3.05, 3.63) is 29.3 Å². The van der Waals surface area contributed by atoms with E-state index in [1.165, 1.54) is 69.5 Å². The molecule has 3 aliphatic heterocycles. The molecule has 3 heterocycles. The first-order valence-corrected chi connectivity index (χ1v) is 8.72. The van der Waals surface area contributed by atoms with Gasteiger partial charge in [-0.05, 0) is 62.5 Å². The topological polar surface area (TPSA) is 18.5 Å². The molecule has 0 spiro atoms. The van der Waals surface area contributed by atoms with Gasteiger partial charge in [-0.3, -0.25) is 4.90 Å². The molecule has 2 fully saturated rings. The van der Waals surface area contributed by atoms with Crippen molar-refractivity contribution in [3.63, 3.8) is 0 Å². The van der Waals surface area contributed by atoms with Crippen LogP contribution in [0.5, 0.6) is 0 Å². The molecule has 1 N–H and O–H groups in total. The highest BCUT2D eigenvalue weighted by Crippen LogP contribution is 2.31. The summed E-state index contributed by atoms with van der Waals surface area (Å²) in [5.74, 6) is 0. The van der Waals surface area contributed by atoms with E-state index in [-0.39, 0.29) is 0 Å². The molecule has 0 saturated carbocycles. The first-order valence-electron chi connectivity index (χ1n) is 8.72. The third-order valence-electron chi connectivity index (χ3n) is 5.53. The second-order valence-corrected chi connectivity index (χ2v) is 6.83. The van der Waals surface area contributed by atoms with E-state index < -0.39 is 0 Å². The summed E-state index contributed by atoms with van der Waals surface area (Å²) in [6.07, 6.45) is 6.79. The number of anilines is 1. The van der Waals surface area contributed by atoms with Gasteiger partial charge in [0.2, 0.25) is 0 Å². The van der Waals surface area contributed by atoms with E-state index in [4.69, 9.17) is 0 Å². The Labute approximate surface area is 128 Å². The van der Waals surface area contributed by atoms with Gasteiger partial charge in [0.05, 0.1) is 0 Å². The van der Waals surface area contributed by atoms with Crippen LogP contribution < -0.4 is 10.2 Å². The maximum Gasteiger partial charge on any atom is 0.0403 e. The van der Waals surface area contributed by atoms with Gasteiger partial charge in [-0.1, -0.05) is 18.6 Å². The van der Waals surface area contributed by atoms with Crippen molar-refractivity contribution in [2.45, 2.75) is 44.7 Å². The third kappa shape index (κ3) is 2.69. The summed E-state index contributed by atoms with van der Waals surface area (Å²) >= 11 is 0. The lowest BCUT2D eigenvalue weighted by molar-refractivity contribution is 0.175. The van der Waals surface area contributed by atoms with Gasteiger partial charge in [-0.25, -0.2) is 0 Å². The Morgan fingerprint density at radius 3 is 2.86 bits per heavy atom. The summed E-state index contributed by atoms with van der Waals surface area (Å²) in [6.45, 7) is 7.32. The van der Waals surface area contributed by atoms with E-state index >= 15 is 0 Å². The number of benzene rings is 1. The number of rotatable bonds is 2. The fourth-order valence-electron chi connectivity index (χ4n) is 4.35. The molecule has 1 unspecified atom stereocenters. The van der Waals surface area contributed by atoms with Crippen LogP contribution in [-0.2, 0) is 13.0 Å². The summed E-state index contributed by atoms with van der Waals surface area (Å²) in [5, 5.41) is 3.49. The Morgan fingerprint density at radius 1 is 1.05 bits per heavy atom. The van der Waals surface area contributed by atoms with Crippen molar-refractivity contribution in [2.24, 2.45) is 0 Å². The van der Waals surface area contributed by atoms with Crippen LogP contribution in [0.25, 0.3) is 0 Å². The van der Waals surface area contributed by atoms with Crippen LogP contribution in [0, 0.1) is 0 Å². The molecule has 2 saturated heterocycles. The predicted molar refractivity (Wildman–Crippen MR) is 87.9 cm³/mol. The molecule has 0 radical (unpaired) electrons. The molecule has 3 nitrogen and oxygen atoms in total. The van der Waals surface area contributed by atoms with Crippen LogP contribution in [0.15, 0.2) is 18.2 Å². The van der Waals surface area contributed by atoms with Gasteiger partial charge in [-0.2, -0.15) is 0 Å². The lowest BCUT2D eigenvalue weighted by atomic mass is 9.98. The minimum absolute atomic E-state index is 0.794. The summed E-state index contributed by atoms with van der Waals surface area (Å²) in [5.41, 5.74) is 4.64. The summed E-state index contributed by atoms with van der Waals surface area (Å²) in [7, 11) is 0. The zero-order chi connectivity index (χ0) is 14.1. The highest BCUT2D eigenvalue weighted by Gasteiger charge is 2.30. The molecule has 21 heavy (non-hydrogen) atoms. The lowest BCUT2D eigenvalue weighted by Gasteiger charge is -2.33. The molecule has 1 atom stereocenters. The SMILES string of the molecule is c1cc2c(c(N3CCC(N4CCCCC4)C3)c1)CCNC2. The van der Waals surface area contributed by atoms with Gasteiger partial charge >= 0.3 is 0 Å². The minimum Gasteiger partial charge on any atom is -0.370 e. The number of fused-ring (bicyclic) bond motifs is 1. The van der Waals surface area contributed by atoms with Crippen LogP contribution in [-0.4, -0.2) is 43.7 Å². The minimum atomic E-state index is 0.794. The molecule has 0 bridgehead atoms. The van der Waals surface area contributed by atoms with Crippen molar-refractivity contribution in [1.82, 2.24) is 10.2 Å². The molecule has 3 heteroatoms. The van der Waals surface area contributed by atoms with Crippen LogP contribution in [0.3, 0.4) is 0 Å². The Morgan fingerprint density at radius 2 is 1.95 bits per heavy atom. The maximum absolute atomic E-state index is 3.49. The largest absolute Gasteiger partial charge is 0.370 e. The first kappa shape index (κ1) is 13.6. The molecular formula is C18H27N3. The monoisotopic (exact) mass is 285 g/mol. The van der Waals surface area contributed by atoms with E-state index in [0.29, 0.717) is 0 Å². The average Bonchev–Trinajstić information content (AvgIpc) is 3.05. The van der Waals surface area contributed by atoms with E-state index in [9.17, 15) is 0 Å². The third-order valence-corrected chi connectivity index (χ3v) is 5.53. The maximum atomic E-state index is 3.49. The Bertz CT molecular complexity index is 493. The smallest absolute Gasteiger partial charge is 0.0403 e. The predicted octanol–water partition coefficient (Wildman–Crippen LogP) is 2.40. The highest BCUT2D eigenvalue weighted by atomic mass is 15.3. The summed E-state index contributed by atoms with van der Waals surface area (Å²) in [4.78, 5) is 5.41. The van der Waals surface area contributed by atoms with Crippen LogP contribution in [0.4, 0.5) is 5.69 Å². The van der Waals surface area contributed by atoms with Crippen molar-refractivity contribution < 1.29 is 0 Å². The van der Waals surface area contributed by atoms with Crippen LogP contribution >= 0.6 is 0 Å². The van der Waals surface area contributed by atoms with Crippen LogP contribution in [0.2, 0.25) is 0 Å². The second kappa shape index (κ2) is 5.98. The van der Waals surface area contributed by atoms with Gasteiger partial charge in [-0.15, -0.1) is 0 Å². The lowest BCUT2D eigenvalue weighted by Crippen LogP contribution is -2.41. The summed E-state index contributed by atoms with van der Waals surface area (Å²) < 4.78 is 0. The Kier molecular flexibility index (Phi) is 3.87. The number of piperidine rings is 1. The van der Waals surface area contributed by atoms with Crippen molar-refractivity contribution in [2.75, 3.05) is 37.6 Å². The average molecular weight is 285 g/mol. The van der Waals surface area contributed by atoms with Gasteiger partial charge in [0.25, 0.3) is 0 Å². The van der Waals surface area contributed by atoms with Crippen molar-refractivity contribution >= 4 is 5.69 Å².